The zero-order valence-corrected chi connectivity index (χ0v) is 18.2. The molecule has 0 saturated heterocycles. The maximum absolute atomic E-state index is 6.76. The van der Waals surface area contributed by atoms with Crippen LogP contribution >= 0.6 is 0 Å². The first-order chi connectivity index (χ1) is 12.1. The van der Waals surface area contributed by atoms with Crippen LogP contribution in [0.1, 0.15) is 71.7 Å². The molecule has 2 aromatic carbocycles. The molecule has 1 atom stereocenters. The van der Waals surface area contributed by atoms with Crippen LogP contribution in [0, 0.1) is 47.5 Å². The molecule has 142 valence electrons. The second kappa shape index (κ2) is 7.96. The van der Waals surface area contributed by atoms with Gasteiger partial charge in [0.15, 0.2) is 0 Å². The van der Waals surface area contributed by atoms with Gasteiger partial charge in [-0.15, -0.1) is 0 Å². The summed E-state index contributed by atoms with van der Waals surface area (Å²) in [5.74, 6) is 0.548. The summed E-state index contributed by atoms with van der Waals surface area (Å²) in [6, 6.07) is 9.14. The number of aryl methyl sites for hydroxylation is 6. The van der Waals surface area contributed by atoms with Crippen LogP contribution in [0.2, 0.25) is 0 Å². The van der Waals surface area contributed by atoms with Gasteiger partial charge in [0.2, 0.25) is 0 Å². The highest BCUT2D eigenvalue weighted by Crippen LogP contribution is 2.41. The van der Waals surface area contributed by atoms with E-state index in [0.717, 1.165) is 13.0 Å². The standard InChI is InChI=1S/C25H36O/c1-10-16(2)15-26-25(9,23-19(5)11-17(3)12-20(23)6)24-21(7)13-18(4)14-22(24)8/h11-14,16H,10,15H2,1-9H3/t16-/m0/s1. The molecule has 0 aliphatic carbocycles. The third-order valence-corrected chi connectivity index (χ3v) is 5.66. The third kappa shape index (κ3) is 4.04. The van der Waals surface area contributed by atoms with Crippen molar-refractivity contribution in [3.63, 3.8) is 0 Å². The second-order valence-corrected chi connectivity index (χ2v) is 8.41. The van der Waals surface area contributed by atoms with Crippen LogP contribution < -0.4 is 0 Å². The number of hydrogen-bond donors (Lipinski definition) is 0. The Morgan fingerprint density at radius 2 is 1.12 bits per heavy atom. The highest BCUT2D eigenvalue weighted by Gasteiger charge is 2.36. The number of ether oxygens (including phenoxy) is 1. The van der Waals surface area contributed by atoms with Crippen LogP contribution in [0.15, 0.2) is 24.3 Å². The van der Waals surface area contributed by atoms with Gasteiger partial charge in [-0.1, -0.05) is 55.7 Å². The Kier molecular flexibility index (Phi) is 6.34. The van der Waals surface area contributed by atoms with E-state index in [4.69, 9.17) is 4.74 Å². The maximum Gasteiger partial charge on any atom is 0.116 e. The molecule has 2 rings (SSSR count). The lowest BCUT2D eigenvalue weighted by Crippen LogP contribution is -2.33. The first kappa shape index (κ1) is 20.7. The van der Waals surface area contributed by atoms with Crippen molar-refractivity contribution in [2.75, 3.05) is 6.61 Å². The van der Waals surface area contributed by atoms with Crippen molar-refractivity contribution in [3.8, 4) is 0 Å². The summed E-state index contributed by atoms with van der Waals surface area (Å²) in [6.45, 7) is 20.8. The fourth-order valence-corrected chi connectivity index (χ4v) is 4.56. The predicted molar refractivity (Wildman–Crippen MR) is 113 cm³/mol. The average Bonchev–Trinajstić information content (AvgIpc) is 2.50. The molecular weight excluding hydrogens is 316 g/mol. The highest BCUT2D eigenvalue weighted by molar-refractivity contribution is 5.52. The van der Waals surface area contributed by atoms with Gasteiger partial charge in [0.05, 0.1) is 6.61 Å². The Morgan fingerprint density at radius 1 is 0.769 bits per heavy atom. The number of benzene rings is 2. The SMILES string of the molecule is CC[C@H](C)COC(C)(c1c(C)cc(C)cc1C)c1c(C)cc(C)cc1C. The first-order valence-corrected chi connectivity index (χ1v) is 9.90. The van der Waals surface area contributed by atoms with E-state index in [9.17, 15) is 0 Å². The molecule has 0 bridgehead atoms. The molecule has 0 aromatic heterocycles. The van der Waals surface area contributed by atoms with Crippen LogP contribution in [0.25, 0.3) is 0 Å². The Balaban J connectivity index is 2.73. The summed E-state index contributed by atoms with van der Waals surface area (Å²) in [6.07, 6.45) is 1.13. The van der Waals surface area contributed by atoms with Crippen molar-refractivity contribution in [2.24, 2.45) is 5.92 Å². The lowest BCUT2D eigenvalue weighted by molar-refractivity contribution is -0.0229. The van der Waals surface area contributed by atoms with Crippen LogP contribution in [0.4, 0.5) is 0 Å². The normalized spacial score (nSPS) is 13.1. The summed E-state index contributed by atoms with van der Waals surface area (Å²) < 4.78 is 6.76. The van der Waals surface area contributed by atoms with E-state index in [2.05, 4.69) is 86.6 Å². The zero-order chi connectivity index (χ0) is 19.6. The molecule has 0 amide bonds. The molecule has 0 radical (unpaired) electrons. The molecule has 1 heteroatoms. The summed E-state index contributed by atoms with van der Waals surface area (Å²) in [5.41, 5.74) is 10.1. The molecule has 1 nitrogen and oxygen atoms in total. The minimum absolute atomic E-state index is 0.437. The Morgan fingerprint density at radius 3 is 1.42 bits per heavy atom. The molecule has 0 saturated carbocycles. The molecule has 0 fully saturated rings. The Bertz CT molecular complexity index is 681. The average molecular weight is 353 g/mol. The van der Waals surface area contributed by atoms with Crippen LogP contribution in [-0.2, 0) is 10.3 Å². The summed E-state index contributed by atoms with van der Waals surface area (Å²) >= 11 is 0. The molecule has 0 unspecified atom stereocenters. The van der Waals surface area contributed by atoms with Gasteiger partial charge in [-0.05, 0) is 87.8 Å². The van der Waals surface area contributed by atoms with Crippen molar-refractivity contribution < 1.29 is 4.74 Å². The lowest BCUT2D eigenvalue weighted by atomic mass is 9.78. The van der Waals surface area contributed by atoms with E-state index in [-0.39, 0.29) is 0 Å². The van der Waals surface area contributed by atoms with Crippen molar-refractivity contribution in [3.05, 3.63) is 68.8 Å². The lowest BCUT2D eigenvalue weighted by Gasteiger charge is -2.37. The largest absolute Gasteiger partial charge is 0.366 e. The molecule has 0 spiro atoms. The van der Waals surface area contributed by atoms with Gasteiger partial charge in [-0.2, -0.15) is 0 Å². The van der Waals surface area contributed by atoms with E-state index in [0.29, 0.717) is 5.92 Å². The molecule has 26 heavy (non-hydrogen) atoms. The topological polar surface area (TPSA) is 9.23 Å². The van der Waals surface area contributed by atoms with Crippen molar-refractivity contribution in [1.82, 2.24) is 0 Å². The van der Waals surface area contributed by atoms with Crippen LogP contribution in [-0.4, -0.2) is 6.61 Å². The van der Waals surface area contributed by atoms with E-state index in [1.54, 1.807) is 0 Å². The molecule has 0 heterocycles. The van der Waals surface area contributed by atoms with Crippen molar-refractivity contribution >= 4 is 0 Å². The summed E-state index contributed by atoms with van der Waals surface area (Å²) in [4.78, 5) is 0. The highest BCUT2D eigenvalue weighted by atomic mass is 16.5. The molecule has 0 N–H and O–H groups in total. The van der Waals surface area contributed by atoms with E-state index < -0.39 is 5.60 Å². The molecule has 2 aromatic rings. The van der Waals surface area contributed by atoms with Gasteiger partial charge in [0.1, 0.15) is 5.60 Å². The third-order valence-electron chi connectivity index (χ3n) is 5.66. The number of hydrogen-bond acceptors (Lipinski definition) is 1. The summed E-state index contributed by atoms with van der Waals surface area (Å²) in [7, 11) is 0. The van der Waals surface area contributed by atoms with Crippen molar-refractivity contribution in [1.29, 1.82) is 0 Å². The second-order valence-electron chi connectivity index (χ2n) is 8.41. The van der Waals surface area contributed by atoms with E-state index >= 15 is 0 Å². The fourth-order valence-electron chi connectivity index (χ4n) is 4.56. The Labute approximate surface area is 160 Å². The van der Waals surface area contributed by atoms with Crippen LogP contribution in [0.3, 0.4) is 0 Å². The minimum atomic E-state index is -0.437. The predicted octanol–water partition coefficient (Wildman–Crippen LogP) is 6.86. The monoisotopic (exact) mass is 352 g/mol. The van der Waals surface area contributed by atoms with Gasteiger partial charge in [-0.25, -0.2) is 0 Å². The zero-order valence-electron chi connectivity index (χ0n) is 18.2. The van der Waals surface area contributed by atoms with Gasteiger partial charge in [0.25, 0.3) is 0 Å². The van der Waals surface area contributed by atoms with Gasteiger partial charge in [-0.3, -0.25) is 0 Å². The molecule has 0 aliphatic rings. The maximum atomic E-state index is 6.76. The number of rotatable bonds is 6. The van der Waals surface area contributed by atoms with Crippen molar-refractivity contribution in [2.45, 2.75) is 74.3 Å². The van der Waals surface area contributed by atoms with Gasteiger partial charge < -0.3 is 4.74 Å². The summed E-state index contributed by atoms with van der Waals surface area (Å²) in [5, 5.41) is 0. The van der Waals surface area contributed by atoms with E-state index in [1.807, 2.05) is 0 Å². The molecule has 0 aliphatic heterocycles. The van der Waals surface area contributed by atoms with E-state index in [1.165, 1.54) is 44.5 Å². The smallest absolute Gasteiger partial charge is 0.116 e. The van der Waals surface area contributed by atoms with Crippen LogP contribution in [0.5, 0.6) is 0 Å². The Hall–Kier alpha value is -1.60. The van der Waals surface area contributed by atoms with Gasteiger partial charge >= 0.3 is 0 Å². The molecular formula is C25H36O. The minimum Gasteiger partial charge on any atom is -0.366 e. The quantitative estimate of drug-likeness (QED) is 0.551. The first-order valence-electron chi connectivity index (χ1n) is 9.90. The fraction of sp³-hybridized carbons (Fsp3) is 0.520. The van der Waals surface area contributed by atoms with Gasteiger partial charge in [0, 0.05) is 0 Å².